The van der Waals surface area contributed by atoms with Gasteiger partial charge in [0.2, 0.25) is 0 Å². The molecule has 0 atom stereocenters. The second-order valence-electron chi connectivity index (χ2n) is 5.13. The Morgan fingerprint density at radius 2 is 1.80 bits per heavy atom. The number of nitrogens with zero attached hydrogens (tertiary/aromatic N) is 1. The van der Waals surface area contributed by atoms with Crippen molar-refractivity contribution in [2.24, 2.45) is 0 Å². The van der Waals surface area contributed by atoms with Crippen LogP contribution in [0.4, 0.5) is 10.5 Å². The third-order valence-electron chi connectivity index (χ3n) is 3.75. The Labute approximate surface area is 123 Å². The molecule has 1 aliphatic rings. The summed E-state index contributed by atoms with van der Waals surface area (Å²) in [5, 5.41) is 5.57. The number of anilines is 1. The van der Waals surface area contributed by atoms with Crippen LogP contribution in [0.15, 0.2) is 36.4 Å². The molecule has 0 spiro atoms. The van der Waals surface area contributed by atoms with Gasteiger partial charge >= 0.3 is 6.03 Å². The fourth-order valence-electron chi connectivity index (χ4n) is 2.62. The fourth-order valence-corrected chi connectivity index (χ4v) is 2.90. The molecule has 3 rings (SSSR count). The Bertz CT molecular complexity index is 635. The number of piperidine rings is 1. The molecule has 104 valence electrons. The molecule has 1 heterocycles. The second-order valence-corrected chi connectivity index (χ2v) is 5.50. The normalized spacial score (nSPS) is 15.3. The number of carbonyl (C=O) groups excluding carboxylic acids is 1. The summed E-state index contributed by atoms with van der Waals surface area (Å²) in [4.78, 5) is 14.1. The summed E-state index contributed by atoms with van der Waals surface area (Å²) in [5.74, 6) is 0. The van der Waals surface area contributed by atoms with E-state index in [2.05, 4.69) is 5.32 Å². The summed E-state index contributed by atoms with van der Waals surface area (Å²) in [6, 6.07) is 11.7. The predicted molar refractivity (Wildman–Crippen MR) is 83.4 cm³/mol. The highest BCUT2D eigenvalue weighted by Gasteiger charge is 2.17. The first-order chi connectivity index (χ1) is 9.75. The average Bonchev–Trinajstić information content (AvgIpc) is 2.51. The van der Waals surface area contributed by atoms with Crippen molar-refractivity contribution in [3.63, 3.8) is 0 Å². The molecule has 0 saturated carbocycles. The van der Waals surface area contributed by atoms with Gasteiger partial charge < -0.3 is 10.2 Å². The summed E-state index contributed by atoms with van der Waals surface area (Å²) in [6.07, 6.45) is 3.37. The lowest BCUT2D eigenvalue weighted by atomic mass is 10.1. The van der Waals surface area contributed by atoms with Crippen molar-refractivity contribution >= 4 is 34.1 Å². The molecule has 20 heavy (non-hydrogen) atoms. The van der Waals surface area contributed by atoms with Crippen molar-refractivity contribution in [1.82, 2.24) is 4.90 Å². The third-order valence-corrected chi connectivity index (χ3v) is 4.16. The maximum atomic E-state index is 12.2. The van der Waals surface area contributed by atoms with E-state index in [-0.39, 0.29) is 6.03 Å². The average molecular weight is 289 g/mol. The molecule has 1 saturated heterocycles. The van der Waals surface area contributed by atoms with E-state index < -0.39 is 0 Å². The molecule has 0 aromatic heterocycles. The minimum atomic E-state index is -0.0538. The maximum absolute atomic E-state index is 12.2. The first-order valence-corrected chi connectivity index (χ1v) is 7.37. The second kappa shape index (κ2) is 5.71. The predicted octanol–water partition coefficient (Wildman–Crippen LogP) is 4.51. The van der Waals surface area contributed by atoms with Crippen molar-refractivity contribution in [1.29, 1.82) is 0 Å². The number of hydrogen-bond donors (Lipinski definition) is 1. The SMILES string of the molecule is O=C(Nc1ccc2ccccc2c1Cl)N1CCCCC1. The molecule has 0 aliphatic carbocycles. The van der Waals surface area contributed by atoms with Crippen LogP contribution in [0.5, 0.6) is 0 Å². The van der Waals surface area contributed by atoms with Crippen molar-refractivity contribution in [2.75, 3.05) is 18.4 Å². The van der Waals surface area contributed by atoms with Gasteiger partial charge in [0.15, 0.2) is 0 Å². The van der Waals surface area contributed by atoms with E-state index >= 15 is 0 Å². The maximum Gasteiger partial charge on any atom is 0.321 e. The van der Waals surface area contributed by atoms with E-state index in [1.54, 1.807) is 0 Å². The van der Waals surface area contributed by atoms with Crippen molar-refractivity contribution in [2.45, 2.75) is 19.3 Å². The number of benzene rings is 2. The standard InChI is InChI=1S/C16H17ClN2O/c17-15-13-7-3-2-6-12(13)8-9-14(15)18-16(20)19-10-4-1-5-11-19/h2-3,6-9H,1,4-5,10-11H2,(H,18,20). The fraction of sp³-hybridized carbons (Fsp3) is 0.312. The number of rotatable bonds is 1. The van der Waals surface area contributed by atoms with Gasteiger partial charge in [-0.3, -0.25) is 0 Å². The molecule has 1 fully saturated rings. The number of hydrogen-bond acceptors (Lipinski definition) is 1. The molecule has 3 nitrogen and oxygen atoms in total. The van der Waals surface area contributed by atoms with Crippen LogP contribution in [-0.2, 0) is 0 Å². The molecule has 2 amide bonds. The number of fused-ring (bicyclic) bond motifs is 1. The monoisotopic (exact) mass is 288 g/mol. The zero-order chi connectivity index (χ0) is 13.9. The summed E-state index contributed by atoms with van der Waals surface area (Å²) < 4.78 is 0. The van der Waals surface area contributed by atoms with Gasteiger partial charge in [0.25, 0.3) is 0 Å². The Hall–Kier alpha value is -1.74. The first kappa shape index (κ1) is 13.3. The Morgan fingerprint density at radius 1 is 1.05 bits per heavy atom. The van der Waals surface area contributed by atoms with E-state index in [9.17, 15) is 4.79 Å². The quantitative estimate of drug-likeness (QED) is 0.822. The van der Waals surface area contributed by atoms with Crippen LogP contribution in [0.3, 0.4) is 0 Å². The number of nitrogens with one attached hydrogen (secondary N) is 1. The Balaban J connectivity index is 1.83. The molecule has 1 aliphatic heterocycles. The van der Waals surface area contributed by atoms with Crippen LogP contribution in [0.1, 0.15) is 19.3 Å². The van der Waals surface area contributed by atoms with Crippen molar-refractivity contribution < 1.29 is 4.79 Å². The molecule has 2 aromatic carbocycles. The molecule has 1 N–H and O–H groups in total. The minimum absolute atomic E-state index is 0.0538. The zero-order valence-corrected chi connectivity index (χ0v) is 12.0. The van der Waals surface area contributed by atoms with Crippen molar-refractivity contribution in [3.05, 3.63) is 41.4 Å². The molecular weight excluding hydrogens is 272 g/mol. The highest BCUT2D eigenvalue weighted by atomic mass is 35.5. The summed E-state index contributed by atoms with van der Waals surface area (Å²) >= 11 is 6.39. The van der Waals surface area contributed by atoms with Gasteiger partial charge in [-0.25, -0.2) is 4.79 Å². The lowest BCUT2D eigenvalue weighted by Gasteiger charge is -2.27. The molecule has 0 bridgehead atoms. The van der Waals surface area contributed by atoms with Gasteiger partial charge in [-0.1, -0.05) is 41.9 Å². The van der Waals surface area contributed by atoms with E-state index in [0.717, 1.165) is 36.7 Å². The van der Waals surface area contributed by atoms with Crippen LogP contribution in [-0.4, -0.2) is 24.0 Å². The van der Waals surface area contributed by atoms with Crippen LogP contribution in [0, 0.1) is 0 Å². The van der Waals surface area contributed by atoms with Gasteiger partial charge in [0.1, 0.15) is 0 Å². The number of halogens is 1. The molecular formula is C16H17ClN2O. The number of likely N-dealkylation sites (tertiary alicyclic amines) is 1. The smallest absolute Gasteiger partial charge is 0.321 e. The van der Waals surface area contributed by atoms with Gasteiger partial charge in [-0.05, 0) is 30.7 Å². The molecule has 4 heteroatoms. The van der Waals surface area contributed by atoms with Crippen molar-refractivity contribution in [3.8, 4) is 0 Å². The van der Waals surface area contributed by atoms with Crippen LogP contribution in [0.25, 0.3) is 10.8 Å². The zero-order valence-electron chi connectivity index (χ0n) is 11.2. The number of urea groups is 1. The van der Waals surface area contributed by atoms with Gasteiger partial charge in [-0.15, -0.1) is 0 Å². The summed E-state index contributed by atoms with van der Waals surface area (Å²) in [6.45, 7) is 1.66. The Kier molecular flexibility index (Phi) is 3.79. The molecule has 0 unspecified atom stereocenters. The van der Waals surface area contributed by atoms with E-state index in [1.165, 1.54) is 6.42 Å². The lowest BCUT2D eigenvalue weighted by molar-refractivity contribution is 0.200. The van der Waals surface area contributed by atoms with Crippen LogP contribution < -0.4 is 5.32 Å². The number of amides is 2. The minimum Gasteiger partial charge on any atom is -0.325 e. The highest BCUT2D eigenvalue weighted by molar-refractivity contribution is 6.38. The van der Waals surface area contributed by atoms with Gasteiger partial charge in [0, 0.05) is 18.5 Å². The van der Waals surface area contributed by atoms with E-state index in [0.29, 0.717) is 10.7 Å². The number of carbonyl (C=O) groups is 1. The molecule has 2 aromatic rings. The van der Waals surface area contributed by atoms with Crippen LogP contribution >= 0.6 is 11.6 Å². The van der Waals surface area contributed by atoms with E-state index in [1.807, 2.05) is 41.3 Å². The topological polar surface area (TPSA) is 32.3 Å². The van der Waals surface area contributed by atoms with E-state index in [4.69, 9.17) is 11.6 Å². The van der Waals surface area contributed by atoms with Gasteiger partial charge in [-0.2, -0.15) is 0 Å². The molecule has 0 radical (unpaired) electrons. The summed E-state index contributed by atoms with van der Waals surface area (Å²) in [5.41, 5.74) is 0.681. The Morgan fingerprint density at radius 3 is 2.60 bits per heavy atom. The van der Waals surface area contributed by atoms with Gasteiger partial charge in [0.05, 0.1) is 10.7 Å². The lowest BCUT2D eigenvalue weighted by Crippen LogP contribution is -2.38. The first-order valence-electron chi connectivity index (χ1n) is 6.99. The van der Waals surface area contributed by atoms with Crippen LogP contribution in [0.2, 0.25) is 5.02 Å². The highest BCUT2D eigenvalue weighted by Crippen LogP contribution is 2.31. The largest absolute Gasteiger partial charge is 0.325 e. The summed E-state index contributed by atoms with van der Waals surface area (Å²) in [7, 11) is 0. The third kappa shape index (κ3) is 2.59.